The Bertz CT molecular complexity index is 1380. The summed E-state index contributed by atoms with van der Waals surface area (Å²) in [5, 5.41) is 11.3. The molecule has 2 aromatic carbocycles. The molecule has 0 unspecified atom stereocenters. The molecule has 10 heteroatoms. The molecule has 2 heterocycles. The highest BCUT2D eigenvalue weighted by molar-refractivity contribution is 6.22. The molecule has 1 aliphatic carbocycles. The number of benzene rings is 2. The Hall–Kier alpha value is -4.34. The number of carbonyl (C=O) groups is 4. The highest BCUT2D eigenvalue weighted by atomic mass is 16.6. The van der Waals surface area contributed by atoms with Crippen molar-refractivity contribution in [3.05, 3.63) is 69.8 Å². The monoisotopic (exact) mass is 503 g/mol. The Balaban J connectivity index is 1.29. The van der Waals surface area contributed by atoms with Gasteiger partial charge in [-0.1, -0.05) is 23.8 Å². The highest BCUT2D eigenvalue weighted by Gasteiger charge is 2.48. The first kappa shape index (κ1) is 24.4. The first-order valence-corrected chi connectivity index (χ1v) is 12.0. The lowest BCUT2D eigenvalue weighted by molar-refractivity contribution is -0.385. The SMILES string of the molecule is CC1=CC[C@@H]2C(=O)N(c3cccc(OC(=O)[C@@H]4CC(=O)N(c5ccc(C)c([N+](=O)[O-])c5)C4)c3)C(=O)[C@@H]2C1. The summed E-state index contributed by atoms with van der Waals surface area (Å²) in [5.41, 5.74) is 2.13. The van der Waals surface area contributed by atoms with Gasteiger partial charge in [-0.15, -0.1) is 0 Å². The second-order valence-corrected chi connectivity index (χ2v) is 9.77. The fourth-order valence-corrected chi connectivity index (χ4v) is 5.25. The summed E-state index contributed by atoms with van der Waals surface area (Å²) in [5.74, 6) is -2.86. The van der Waals surface area contributed by atoms with Gasteiger partial charge in [0.25, 0.3) is 5.69 Å². The van der Waals surface area contributed by atoms with Crippen LogP contribution in [0.2, 0.25) is 0 Å². The summed E-state index contributed by atoms with van der Waals surface area (Å²) >= 11 is 0. The predicted octanol–water partition coefficient (Wildman–Crippen LogP) is 3.71. The second kappa shape index (κ2) is 9.27. The number of imide groups is 1. The number of carbonyl (C=O) groups excluding carboxylic acids is 4. The van der Waals surface area contributed by atoms with E-state index in [1.807, 2.05) is 13.0 Å². The van der Waals surface area contributed by atoms with Crippen molar-refractivity contribution in [1.82, 2.24) is 0 Å². The van der Waals surface area contributed by atoms with Crippen LogP contribution in [0.1, 0.15) is 31.7 Å². The quantitative estimate of drug-likeness (QED) is 0.152. The van der Waals surface area contributed by atoms with Gasteiger partial charge in [-0.25, -0.2) is 4.90 Å². The van der Waals surface area contributed by atoms with E-state index in [-0.39, 0.29) is 54.0 Å². The molecule has 2 aromatic rings. The maximum Gasteiger partial charge on any atom is 0.316 e. The molecule has 2 aliphatic heterocycles. The molecule has 0 spiro atoms. The zero-order valence-corrected chi connectivity index (χ0v) is 20.4. The number of hydrogen-bond donors (Lipinski definition) is 0. The van der Waals surface area contributed by atoms with Gasteiger partial charge >= 0.3 is 5.97 Å². The van der Waals surface area contributed by atoms with Gasteiger partial charge < -0.3 is 9.64 Å². The lowest BCUT2D eigenvalue weighted by Gasteiger charge is -2.18. The van der Waals surface area contributed by atoms with Crippen LogP contribution < -0.4 is 14.5 Å². The van der Waals surface area contributed by atoms with Gasteiger partial charge in [0.1, 0.15) is 5.75 Å². The molecule has 3 amide bonds. The molecule has 37 heavy (non-hydrogen) atoms. The van der Waals surface area contributed by atoms with Crippen LogP contribution >= 0.6 is 0 Å². The third kappa shape index (κ3) is 4.39. The normalized spacial score (nSPS) is 23.2. The number of anilines is 2. The van der Waals surface area contributed by atoms with Crippen molar-refractivity contribution < 1.29 is 28.8 Å². The van der Waals surface area contributed by atoms with Gasteiger partial charge in [-0.3, -0.25) is 29.3 Å². The first-order valence-electron chi connectivity index (χ1n) is 12.0. The number of nitro groups is 1. The van der Waals surface area contributed by atoms with E-state index in [2.05, 4.69) is 0 Å². The van der Waals surface area contributed by atoms with Crippen molar-refractivity contribution in [3.63, 3.8) is 0 Å². The van der Waals surface area contributed by atoms with E-state index in [0.717, 1.165) is 5.57 Å². The Morgan fingerprint density at radius 3 is 2.51 bits per heavy atom. The van der Waals surface area contributed by atoms with Crippen LogP contribution in [0.3, 0.4) is 0 Å². The van der Waals surface area contributed by atoms with Gasteiger partial charge in [0.2, 0.25) is 17.7 Å². The Morgan fingerprint density at radius 1 is 1.00 bits per heavy atom. The summed E-state index contributed by atoms with van der Waals surface area (Å²) < 4.78 is 5.53. The smallest absolute Gasteiger partial charge is 0.316 e. The molecule has 5 rings (SSSR count). The average molecular weight is 504 g/mol. The third-order valence-corrected chi connectivity index (χ3v) is 7.28. The second-order valence-electron chi connectivity index (χ2n) is 9.77. The molecule has 0 N–H and O–H groups in total. The standard InChI is InChI=1S/C27H25N3O7/c1-15-6-9-21-22(10-15)26(33)29(25(21)32)19-4-3-5-20(12-19)37-27(34)17-11-24(31)28(14-17)18-8-7-16(2)23(13-18)30(35)36/h3-8,12-13,17,21-22H,9-11,14H2,1-2H3/t17-,21+,22-/m1/s1. The van der Waals surface area contributed by atoms with Gasteiger partial charge in [-0.2, -0.15) is 0 Å². The average Bonchev–Trinajstić information content (AvgIpc) is 3.36. The Kier molecular flexibility index (Phi) is 6.10. The largest absolute Gasteiger partial charge is 0.426 e. The van der Waals surface area contributed by atoms with Crippen molar-refractivity contribution in [2.75, 3.05) is 16.3 Å². The van der Waals surface area contributed by atoms with Crippen LogP contribution in [-0.4, -0.2) is 35.2 Å². The van der Waals surface area contributed by atoms with E-state index in [4.69, 9.17) is 4.74 Å². The summed E-state index contributed by atoms with van der Waals surface area (Å²) in [7, 11) is 0. The van der Waals surface area contributed by atoms with E-state index in [1.165, 1.54) is 21.9 Å². The van der Waals surface area contributed by atoms with Crippen molar-refractivity contribution in [2.45, 2.75) is 33.1 Å². The summed E-state index contributed by atoms with van der Waals surface area (Å²) in [6.45, 7) is 3.58. The lowest BCUT2D eigenvalue weighted by atomic mass is 9.82. The first-order chi connectivity index (χ1) is 17.6. The van der Waals surface area contributed by atoms with E-state index < -0.39 is 16.8 Å². The van der Waals surface area contributed by atoms with Crippen LogP contribution in [0.25, 0.3) is 0 Å². The van der Waals surface area contributed by atoms with E-state index in [0.29, 0.717) is 29.8 Å². The van der Waals surface area contributed by atoms with Gasteiger partial charge in [0.15, 0.2) is 0 Å². The van der Waals surface area contributed by atoms with Gasteiger partial charge in [0.05, 0.1) is 34.1 Å². The zero-order chi connectivity index (χ0) is 26.4. The highest BCUT2D eigenvalue weighted by Crippen LogP contribution is 2.40. The van der Waals surface area contributed by atoms with Crippen LogP contribution in [-0.2, 0) is 19.2 Å². The molecule has 0 saturated carbocycles. The summed E-state index contributed by atoms with van der Waals surface area (Å²) in [6, 6.07) is 10.7. The maximum absolute atomic E-state index is 13.0. The van der Waals surface area contributed by atoms with Gasteiger partial charge in [0, 0.05) is 30.7 Å². The number of hydrogen-bond acceptors (Lipinski definition) is 7. The molecule has 190 valence electrons. The predicted molar refractivity (Wildman–Crippen MR) is 133 cm³/mol. The maximum atomic E-state index is 13.0. The number of rotatable bonds is 5. The minimum atomic E-state index is -0.775. The molecule has 3 atom stereocenters. The fraction of sp³-hybridized carbons (Fsp3) is 0.333. The molecule has 0 aromatic heterocycles. The van der Waals surface area contributed by atoms with E-state index >= 15 is 0 Å². The molecule has 10 nitrogen and oxygen atoms in total. The molecular formula is C27H25N3O7. The van der Waals surface area contributed by atoms with Crippen LogP contribution in [0, 0.1) is 34.8 Å². The minimum absolute atomic E-state index is 0.0242. The van der Waals surface area contributed by atoms with Crippen molar-refractivity contribution in [1.29, 1.82) is 0 Å². The van der Waals surface area contributed by atoms with Crippen LogP contribution in [0.15, 0.2) is 54.1 Å². The van der Waals surface area contributed by atoms with Crippen LogP contribution in [0.4, 0.5) is 17.1 Å². The zero-order valence-electron chi connectivity index (χ0n) is 20.4. The summed E-state index contributed by atoms with van der Waals surface area (Å²) in [6.07, 6.45) is 2.98. The van der Waals surface area contributed by atoms with Gasteiger partial charge in [-0.05, 0) is 44.9 Å². The molecule has 0 radical (unpaired) electrons. The molecule has 3 aliphatic rings. The fourth-order valence-electron chi connectivity index (χ4n) is 5.25. The van der Waals surface area contributed by atoms with Crippen molar-refractivity contribution in [3.8, 4) is 5.75 Å². The topological polar surface area (TPSA) is 127 Å². The van der Waals surface area contributed by atoms with E-state index in [1.54, 1.807) is 37.3 Å². The Labute approximate surface area is 212 Å². The molecule has 2 fully saturated rings. The lowest BCUT2D eigenvalue weighted by Crippen LogP contribution is -2.31. The number of ether oxygens (including phenoxy) is 1. The Morgan fingerprint density at radius 2 is 1.76 bits per heavy atom. The third-order valence-electron chi connectivity index (χ3n) is 7.28. The summed E-state index contributed by atoms with van der Waals surface area (Å²) in [4.78, 5) is 64.8. The number of nitro benzene ring substituents is 1. The number of amides is 3. The van der Waals surface area contributed by atoms with Crippen LogP contribution in [0.5, 0.6) is 5.75 Å². The molecule has 2 saturated heterocycles. The number of fused-ring (bicyclic) bond motifs is 1. The van der Waals surface area contributed by atoms with E-state index in [9.17, 15) is 29.3 Å². The number of aryl methyl sites for hydroxylation is 1. The number of allylic oxidation sites excluding steroid dienone is 2. The van der Waals surface area contributed by atoms with Crippen molar-refractivity contribution >= 4 is 40.8 Å². The number of esters is 1. The molecular weight excluding hydrogens is 478 g/mol. The number of nitrogens with zero attached hydrogens (tertiary/aromatic N) is 3. The molecule has 0 bridgehead atoms. The minimum Gasteiger partial charge on any atom is -0.426 e. The van der Waals surface area contributed by atoms with Crippen molar-refractivity contribution in [2.24, 2.45) is 17.8 Å².